The second-order valence-electron chi connectivity index (χ2n) is 3.58. The normalized spacial score (nSPS) is 19.3. The highest BCUT2D eigenvalue weighted by Gasteiger charge is 2.18. The first-order chi connectivity index (χ1) is 6.79. The maximum Gasteiger partial charge on any atom is 0.122 e. The number of hydrogen-bond donors (Lipinski definition) is 1. The van der Waals surface area contributed by atoms with Crippen LogP contribution >= 0.6 is 15.9 Å². The lowest BCUT2D eigenvalue weighted by Crippen LogP contribution is -2.39. The Morgan fingerprint density at radius 2 is 2.43 bits per heavy atom. The van der Waals surface area contributed by atoms with Gasteiger partial charge in [0.2, 0.25) is 0 Å². The monoisotopic (exact) mass is 259 g/mol. The summed E-state index contributed by atoms with van der Waals surface area (Å²) in [4.78, 5) is 6.50. The number of rotatable bonds is 3. The Morgan fingerprint density at radius 1 is 1.57 bits per heavy atom. The molecule has 78 valence electrons. The summed E-state index contributed by atoms with van der Waals surface area (Å²) >= 11 is 3.27. The second kappa shape index (κ2) is 4.42. The summed E-state index contributed by atoms with van der Waals surface area (Å²) in [5, 5.41) is 10.1. The molecule has 14 heavy (non-hydrogen) atoms. The van der Waals surface area contributed by atoms with Crippen molar-refractivity contribution in [2.75, 3.05) is 18.4 Å². The van der Waals surface area contributed by atoms with Gasteiger partial charge in [0.05, 0.1) is 12.6 Å². The summed E-state index contributed by atoms with van der Waals surface area (Å²) < 4.78 is 2.16. The van der Waals surface area contributed by atoms with Crippen LogP contribution in [0, 0.1) is 0 Å². The number of imidazole rings is 1. The van der Waals surface area contributed by atoms with E-state index < -0.39 is 0 Å². The molecule has 2 heterocycles. The second-order valence-corrected chi connectivity index (χ2v) is 4.23. The van der Waals surface area contributed by atoms with Crippen LogP contribution in [-0.4, -0.2) is 44.1 Å². The SMILES string of the molecule is OC(CBr)CN1CCn2ccnc2C1. The molecule has 0 aliphatic carbocycles. The van der Waals surface area contributed by atoms with Crippen molar-refractivity contribution >= 4 is 15.9 Å². The molecule has 1 aliphatic heterocycles. The van der Waals surface area contributed by atoms with Crippen molar-refractivity contribution in [1.82, 2.24) is 14.5 Å². The van der Waals surface area contributed by atoms with Gasteiger partial charge in [-0.05, 0) is 0 Å². The molecule has 4 nitrogen and oxygen atoms in total. The highest BCUT2D eigenvalue weighted by atomic mass is 79.9. The number of nitrogens with zero attached hydrogens (tertiary/aromatic N) is 3. The predicted octanol–water partition coefficient (Wildman–Crippen LogP) is 0.454. The highest BCUT2D eigenvalue weighted by Crippen LogP contribution is 2.10. The Balaban J connectivity index is 1.94. The smallest absolute Gasteiger partial charge is 0.122 e. The Hall–Kier alpha value is -0.390. The van der Waals surface area contributed by atoms with Crippen molar-refractivity contribution in [1.29, 1.82) is 0 Å². The molecule has 0 spiro atoms. The fourth-order valence-corrected chi connectivity index (χ4v) is 1.93. The average Bonchev–Trinajstić information content (AvgIpc) is 2.64. The Labute approximate surface area is 91.7 Å². The first-order valence-electron chi connectivity index (χ1n) is 4.76. The number of alkyl halides is 1. The number of aliphatic hydroxyl groups excluding tert-OH is 1. The van der Waals surface area contributed by atoms with Crippen molar-refractivity contribution in [3.8, 4) is 0 Å². The van der Waals surface area contributed by atoms with Crippen molar-refractivity contribution in [3.05, 3.63) is 18.2 Å². The van der Waals surface area contributed by atoms with Gasteiger partial charge in [-0.1, -0.05) is 15.9 Å². The average molecular weight is 260 g/mol. The standard InChI is InChI=1S/C9H14BrN3O/c10-5-8(14)6-12-3-4-13-2-1-11-9(13)7-12/h1-2,8,14H,3-7H2. The topological polar surface area (TPSA) is 41.3 Å². The predicted molar refractivity (Wildman–Crippen MR) is 57.3 cm³/mol. The molecule has 1 aliphatic rings. The van der Waals surface area contributed by atoms with Gasteiger partial charge in [-0.3, -0.25) is 4.90 Å². The fourth-order valence-electron chi connectivity index (χ4n) is 1.73. The summed E-state index contributed by atoms with van der Waals surface area (Å²) in [6.07, 6.45) is 3.56. The van der Waals surface area contributed by atoms with Crippen LogP contribution in [0.4, 0.5) is 0 Å². The largest absolute Gasteiger partial charge is 0.391 e. The van der Waals surface area contributed by atoms with E-state index in [9.17, 15) is 5.11 Å². The molecule has 0 saturated heterocycles. The molecule has 0 radical (unpaired) electrons. The van der Waals surface area contributed by atoms with Gasteiger partial charge in [-0.2, -0.15) is 0 Å². The quantitative estimate of drug-likeness (QED) is 0.802. The Bertz CT molecular complexity index is 302. The third-order valence-corrected chi connectivity index (χ3v) is 3.22. The van der Waals surface area contributed by atoms with Gasteiger partial charge >= 0.3 is 0 Å². The Kier molecular flexibility index (Phi) is 3.20. The first kappa shape index (κ1) is 10.1. The summed E-state index contributed by atoms with van der Waals surface area (Å²) in [6, 6.07) is 0. The number of aromatic nitrogens is 2. The number of β-amino-alcohol motifs (C(OH)–C–C–N with tert-alkyl or cyclic N) is 1. The van der Waals surface area contributed by atoms with Gasteiger partial charge in [-0.15, -0.1) is 0 Å². The van der Waals surface area contributed by atoms with Gasteiger partial charge in [-0.25, -0.2) is 4.98 Å². The molecule has 0 aromatic carbocycles. The molecule has 2 rings (SSSR count). The van der Waals surface area contributed by atoms with E-state index in [-0.39, 0.29) is 6.10 Å². The molecule has 0 bridgehead atoms. The fraction of sp³-hybridized carbons (Fsp3) is 0.667. The van der Waals surface area contributed by atoms with Gasteiger partial charge < -0.3 is 9.67 Å². The number of aliphatic hydroxyl groups is 1. The minimum absolute atomic E-state index is 0.281. The number of halogens is 1. The van der Waals surface area contributed by atoms with E-state index in [0.29, 0.717) is 5.33 Å². The number of fused-ring (bicyclic) bond motifs is 1. The molecule has 5 heteroatoms. The Morgan fingerprint density at radius 3 is 3.21 bits per heavy atom. The van der Waals surface area contributed by atoms with E-state index in [1.54, 1.807) is 0 Å². The molecule has 0 amide bonds. The van der Waals surface area contributed by atoms with E-state index in [1.165, 1.54) is 0 Å². The zero-order chi connectivity index (χ0) is 9.97. The van der Waals surface area contributed by atoms with E-state index in [1.807, 2.05) is 12.4 Å². The van der Waals surface area contributed by atoms with E-state index in [2.05, 4.69) is 30.4 Å². The van der Waals surface area contributed by atoms with Crippen LogP contribution in [0.1, 0.15) is 5.82 Å². The van der Waals surface area contributed by atoms with Gasteiger partial charge in [0.25, 0.3) is 0 Å². The van der Waals surface area contributed by atoms with Crippen molar-refractivity contribution in [2.24, 2.45) is 0 Å². The van der Waals surface area contributed by atoms with Gasteiger partial charge in [0, 0.05) is 37.4 Å². The van der Waals surface area contributed by atoms with Gasteiger partial charge in [0.1, 0.15) is 5.82 Å². The molecule has 0 fully saturated rings. The molecular formula is C9H14BrN3O. The summed E-state index contributed by atoms with van der Waals surface area (Å²) in [7, 11) is 0. The van der Waals surface area contributed by atoms with Crippen LogP contribution in [0.3, 0.4) is 0 Å². The lowest BCUT2D eigenvalue weighted by molar-refractivity contribution is 0.112. The van der Waals surface area contributed by atoms with Crippen molar-refractivity contribution in [3.63, 3.8) is 0 Å². The first-order valence-corrected chi connectivity index (χ1v) is 5.88. The van der Waals surface area contributed by atoms with Gasteiger partial charge in [0.15, 0.2) is 0 Å². The zero-order valence-corrected chi connectivity index (χ0v) is 9.52. The van der Waals surface area contributed by atoms with E-state index in [0.717, 1.165) is 32.0 Å². The molecule has 0 saturated carbocycles. The van der Waals surface area contributed by atoms with Crippen LogP contribution in [0.2, 0.25) is 0 Å². The highest BCUT2D eigenvalue weighted by molar-refractivity contribution is 9.09. The minimum atomic E-state index is -0.281. The van der Waals surface area contributed by atoms with Crippen LogP contribution in [-0.2, 0) is 13.1 Å². The summed E-state index contributed by atoms with van der Waals surface area (Å²) in [5.74, 6) is 1.10. The molecule has 1 aromatic rings. The van der Waals surface area contributed by atoms with Crippen molar-refractivity contribution < 1.29 is 5.11 Å². The van der Waals surface area contributed by atoms with Crippen LogP contribution in [0.5, 0.6) is 0 Å². The lowest BCUT2D eigenvalue weighted by Gasteiger charge is -2.28. The molecule has 1 N–H and O–H groups in total. The van der Waals surface area contributed by atoms with E-state index >= 15 is 0 Å². The van der Waals surface area contributed by atoms with Crippen LogP contribution in [0.15, 0.2) is 12.4 Å². The molecule has 1 aromatic heterocycles. The van der Waals surface area contributed by atoms with Crippen LogP contribution in [0.25, 0.3) is 0 Å². The molecule has 1 unspecified atom stereocenters. The maximum atomic E-state index is 9.49. The van der Waals surface area contributed by atoms with Crippen LogP contribution < -0.4 is 0 Å². The zero-order valence-electron chi connectivity index (χ0n) is 7.93. The minimum Gasteiger partial charge on any atom is -0.391 e. The summed E-state index contributed by atoms with van der Waals surface area (Å²) in [6.45, 7) is 3.53. The third-order valence-electron chi connectivity index (χ3n) is 2.47. The maximum absolute atomic E-state index is 9.49. The van der Waals surface area contributed by atoms with E-state index in [4.69, 9.17) is 0 Å². The molecule has 1 atom stereocenters. The third kappa shape index (κ3) is 2.16. The lowest BCUT2D eigenvalue weighted by atomic mass is 10.3. The molecular weight excluding hydrogens is 246 g/mol. The summed E-state index contributed by atoms with van der Waals surface area (Å²) in [5.41, 5.74) is 0. The number of hydrogen-bond acceptors (Lipinski definition) is 3. The van der Waals surface area contributed by atoms with Crippen molar-refractivity contribution in [2.45, 2.75) is 19.2 Å².